The lowest BCUT2D eigenvalue weighted by Crippen LogP contribution is -2.36. The summed E-state index contributed by atoms with van der Waals surface area (Å²) in [5, 5.41) is 3.89. The van der Waals surface area contributed by atoms with Crippen molar-refractivity contribution < 1.29 is 9.53 Å². The van der Waals surface area contributed by atoms with Crippen LogP contribution in [0.4, 0.5) is 0 Å². The molecule has 104 valence electrons. The van der Waals surface area contributed by atoms with Crippen LogP contribution in [0.25, 0.3) is 0 Å². The quantitative estimate of drug-likeness (QED) is 0.701. The molecular weight excluding hydrogens is 268 g/mol. The lowest BCUT2D eigenvalue weighted by molar-refractivity contribution is -0.130. The molecule has 0 bridgehead atoms. The predicted octanol–water partition coefficient (Wildman–Crippen LogP) is -0.613. The number of hydrogen-bond acceptors (Lipinski definition) is 5. The summed E-state index contributed by atoms with van der Waals surface area (Å²) in [5.74, 6) is 0.0253. The number of nitrogens with two attached hydrogens (primary N) is 1. The van der Waals surface area contributed by atoms with Crippen LogP contribution < -0.4 is 16.0 Å². The van der Waals surface area contributed by atoms with Crippen LogP contribution in [0.2, 0.25) is 0 Å². The Morgan fingerprint density at radius 2 is 2.26 bits per heavy atom. The van der Waals surface area contributed by atoms with Crippen LogP contribution in [0.5, 0.6) is 5.88 Å². The van der Waals surface area contributed by atoms with Gasteiger partial charge in [0, 0.05) is 32.1 Å². The summed E-state index contributed by atoms with van der Waals surface area (Å²) in [5.41, 5.74) is 5.00. The van der Waals surface area contributed by atoms with Crippen LogP contribution in [0.1, 0.15) is 6.42 Å². The fourth-order valence-corrected chi connectivity index (χ4v) is 1.40. The monoisotopic (exact) mass is 284 g/mol. The third-order valence-electron chi connectivity index (χ3n) is 2.46. The van der Waals surface area contributed by atoms with Crippen molar-refractivity contribution in [2.75, 3.05) is 20.7 Å². The molecule has 0 unspecified atom stereocenters. The Bertz CT molecular complexity index is 529. The van der Waals surface area contributed by atoms with Crippen molar-refractivity contribution in [1.29, 1.82) is 0 Å². The van der Waals surface area contributed by atoms with Gasteiger partial charge in [-0.25, -0.2) is 4.68 Å². The minimum absolute atomic E-state index is 0.149. The van der Waals surface area contributed by atoms with Crippen molar-refractivity contribution in [2.24, 2.45) is 5.73 Å². The first-order valence-electron chi connectivity index (χ1n) is 5.58. The number of aromatic nitrogens is 2. The average molecular weight is 284 g/mol. The van der Waals surface area contributed by atoms with E-state index in [9.17, 15) is 9.59 Å². The number of hydrogen-bond donors (Lipinski definition) is 1. The van der Waals surface area contributed by atoms with E-state index in [0.29, 0.717) is 18.0 Å². The smallest absolute Gasteiger partial charge is 0.267 e. The summed E-state index contributed by atoms with van der Waals surface area (Å²) in [4.78, 5) is 25.2. The zero-order valence-electron chi connectivity index (χ0n) is 10.8. The number of likely N-dealkylation sites (N-methyl/N-ethyl adjacent to an activating group) is 1. The molecule has 0 aliphatic carbocycles. The molecule has 0 atom stereocenters. The minimum atomic E-state index is -0.364. The molecule has 7 nitrogen and oxygen atoms in total. The van der Waals surface area contributed by atoms with Gasteiger partial charge in [-0.15, -0.1) is 5.10 Å². The number of carbonyl (C=O) groups excluding carboxylic acids is 1. The van der Waals surface area contributed by atoms with Gasteiger partial charge in [-0.2, -0.15) is 0 Å². The van der Waals surface area contributed by atoms with Crippen LogP contribution in [-0.4, -0.2) is 46.3 Å². The first-order chi connectivity index (χ1) is 8.93. The third kappa shape index (κ3) is 4.66. The third-order valence-corrected chi connectivity index (χ3v) is 2.66. The Morgan fingerprint density at radius 3 is 2.84 bits per heavy atom. The number of nitrogens with zero attached hydrogens (tertiary/aromatic N) is 3. The molecule has 0 spiro atoms. The fourth-order valence-electron chi connectivity index (χ4n) is 1.30. The maximum atomic E-state index is 11.9. The summed E-state index contributed by atoms with van der Waals surface area (Å²) < 4.78 is 5.96. The first kappa shape index (κ1) is 15.1. The zero-order chi connectivity index (χ0) is 14.4. The van der Waals surface area contributed by atoms with Crippen molar-refractivity contribution in [3.8, 4) is 5.88 Å². The van der Waals surface area contributed by atoms with Gasteiger partial charge in [0.2, 0.25) is 11.8 Å². The van der Waals surface area contributed by atoms with Crippen LogP contribution in [0.3, 0.4) is 0 Å². The van der Waals surface area contributed by atoms with Crippen LogP contribution in [0.15, 0.2) is 16.9 Å². The predicted molar refractivity (Wildman–Crippen MR) is 74.1 cm³/mol. The second kappa shape index (κ2) is 6.83. The number of carbonyl (C=O) groups is 1. The second-order valence-electron chi connectivity index (χ2n) is 3.90. The Hall–Kier alpha value is -1.96. The standard InChI is InChI=1S/C11H16N4O3S/c1-14(6-5-8(12)19)11(17)7-15-10(16)4-3-9(13-15)18-2/h3-4H,5-7H2,1-2H3,(H2,12,19). The zero-order valence-corrected chi connectivity index (χ0v) is 11.6. The molecule has 0 aliphatic rings. The fraction of sp³-hybridized carbons (Fsp3) is 0.455. The van der Waals surface area contributed by atoms with Gasteiger partial charge in [0.25, 0.3) is 5.56 Å². The van der Waals surface area contributed by atoms with Crippen molar-refractivity contribution in [1.82, 2.24) is 14.7 Å². The second-order valence-corrected chi connectivity index (χ2v) is 4.43. The van der Waals surface area contributed by atoms with Crippen molar-refractivity contribution in [3.63, 3.8) is 0 Å². The van der Waals surface area contributed by atoms with Crippen molar-refractivity contribution >= 4 is 23.1 Å². The molecule has 0 aliphatic heterocycles. The molecule has 1 rings (SSSR count). The maximum absolute atomic E-state index is 11.9. The van der Waals surface area contributed by atoms with Gasteiger partial charge in [0.05, 0.1) is 12.1 Å². The number of amides is 1. The Morgan fingerprint density at radius 1 is 1.58 bits per heavy atom. The molecular formula is C11H16N4O3S. The van der Waals surface area contributed by atoms with E-state index in [2.05, 4.69) is 5.10 Å². The van der Waals surface area contributed by atoms with Gasteiger partial charge in [-0.1, -0.05) is 12.2 Å². The molecule has 1 amide bonds. The molecule has 1 aromatic heterocycles. The van der Waals surface area contributed by atoms with E-state index in [1.165, 1.54) is 24.1 Å². The summed E-state index contributed by atoms with van der Waals surface area (Å²) >= 11 is 4.74. The van der Waals surface area contributed by atoms with Gasteiger partial charge >= 0.3 is 0 Å². The van der Waals surface area contributed by atoms with Gasteiger partial charge in [-0.05, 0) is 0 Å². The molecule has 1 aromatic rings. The molecule has 19 heavy (non-hydrogen) atoms. The van der Waals surface area contributed by atoms with E-state index in [-0.39, 0.29) is 23.9 Å². The summed E-state index contributed by atoms with van der Waals surface area (Å²) in [6.45, 7) is 0.261. The minimum Gasteiger partial charge on any atom is -0.480 e. The lowest BCUT2D eigenvalue weighted by Gasteiger charge is -2.17. The van der Waals surface area contributed by atoms with E-state index < -0.39 is 0 Å². The molecule has 0 fully saturated rings. The number of rotatable bonds is 6. The topological polar surface area (TPSA) is 90.5 Å². The average Bonchev–Trinajstić information content (AvgIpc) is 2.38. The van der Waals surface area contributed by atoms with Crippen LogP contribution in [0, 0.1) is 0 Å². The molecule has 8 heteroatoms. The first-order valence-corrected chi connectivity index (χ1v) is 5.99. The van der Waals surface area contributed by atoms with E-state index in [4.69, 9.17) is 22.7 Å². The molecule has 0 radical (unpaired) electrons. The van der Waals surface area contributed by atoms with Gasteiger partial charge in [0.1, 0.15) is 6.54 Å². The Balaban J connectivity index is 2.70. The highest BCUT2D eigenvalue weighted by atomic mass is 32.1. The molecule has 1 heterocycles. The van der Waals surface area contributed by atoms with Crippen LogP contribution >= 0.6 is 12.2 Å². The highest BCUT2D eigenvalue weighted by molar-refractivity contribution is 7.80. The Labute approximate surface area is 115 Å². The highest BCUT2D eigenvalue weighted by Crippen LogP contribution is 2.00. The van der Waals surface area contributed by atoms with Gasteiger partial charge in [0.15, 0.2) is 0 Å². The molecule has 2 N–H and O–H groups in total. The summed E-state index contributed by atoms with van der Waals surface area (Å²) in [6.07, 6.45) is 0.442. The van der Waals surface area contributed by atoms with E-state index in [1.807, 2.05) is 0 Å². The van der Waals surface area contributed by atoms with E-state index >= 15 is 0 Å². The number of thiocarbonyl (C=S) groups is 1. The highest BCUT2D eigenvalue weighted by Gasteiger charge is 2.11. The lowest BCUT2D eigenvalue weighted by atomic mass is 10.4. The normalized spacial score (nSPS) is 10.0. The maximum Gasteiger partial charge on any atom is 0.267 e. The van der Waals surface area contributed by atoms with Crippen molar-refractivity contribution in [2.45, 2.75) is 13.0 Å². The van der Waals surface area contributed by atoms with E-state index in [1.54, 1.807) is 7.05 Å². The molecule has 0 saturated carbocycles. The number of methoxy groups -OCH3 is 1. The van der Waals surface area contributed by atoms with Crippen LogP contribution in [-0.2, 0) is 11.3 Å². The van der Waals surface area contributed by atoms with Gasteiger partial charge in [-0.3, -0.25) is 9.59 Å². The largest absolute Gasteiger partial charge is 0.480 e. The number of ether oxygens (including phenoxy) is 1. The SMILES string of the molecule is COc1ccc(=O)n(CC(=O)N(C)CCC(N)=S)n1. The summed E-state index contributed by atoms with van der Waals surface area (Å²) in [7, 11) is 3.05. The van der Waals surface area contributed by atoms with E-state index in [0.717, 1.165) is 4.68 Å². The summed E-state index contributed by atoms with van der Waals surface area (Å²) in [6, 6.07) is 2.74. The Kier molecular flexibility index (Phi) is 5.43. The molecule has 0 saturated heterocycles. The van der Waals surface area contributed by atoms with Crippen molar-refractivity contribution in [3.05, 3.63) is 22.5 Å². The molecule has 0 aromatic carbocycles. The van der Waals surface area contributed by atoms with Gasteiger partial charge < -0.3 is 15.4 Å².